The van der Waals surface area contributed by atoms with Gasteiger partial charge < -0.3 is 10.6 Å². The maximum Gasteiger partial charge on any atom is 0.253 e. The van der Waals surface area contributed by atoms with Gasteiger partial charge in [-0.15, -0.1) is 0 Å². The molecule has 0 atom stereocenters. The van der Waals surface area contributed by atoms with Crippen LogP contribution in [0.3, 0.4) is 0 Å². The van der Waals surface area contributed by atoms with Crippen molar-refractivity contribution < 1.29 is 4.79 Å². The van der Waals surface area contributed by atoms with Crippen molar-refractivity contribution in [1.29, 1.82) is 0 Å². The Morgan fingerprint density at radius 1 is 1.12 bits per heavy atom. The number of rotatable bonds is 4. The van der Waals surface area contributed by atoms with Crippen LogP contribution >= 0.6 is 23.2 Å². The fraction of sp³-hybridized carbons (Fsp3) is 0.458. The van der Waals surface area contributed by atoms with Crippen molar-refractivity contribution in [3.8, 4) is 0 Å². The van der Waals surface area contributed by atoms with Crippen molar-refractivity contribution in [2.45, 2.75) is 52.5 Å². The van der Waals surface area contributed by atoms with E-state index >= 15 is 0 Å². The molecule has 0 unspecified atom stereocenters. The van der Waals surface area contributed by atoms with Crippen molar-refractivity contribution in [2.75, 3.05) is 5.32 Å². The summed E-state index contributed by atoms with van der Waals surface area (Å²) in [6.45, 7) is 6.90. The molecule has 0 saturated heterocycles. The number of carbonyl (C=O) groups is 1. The van der Waals surface area contributed by atoms with E-state index in [1.807, 2.05) is 11.6 Å². The van der Waals surface area contributed by atoms with Crippen molar-refractivity contribution in [3.05, 3.63) is 46.1 Å². The topological polar surface area (TPSA) is 71.8 Å². The number of aromatic nitrogens is 3. The zero-order valence-corrected chi connectivity index (χ0v) is 20.4. The number of benzene rings is 1. The fourth-order valence-corrected chi connectivity index (χ4v) is 4.91. The van der Waals surface area contributed by atoms with Gasteiger partial charge in [-0.1, -0.05) is 50.0 Å². The SMILES string of the molecule is Cn1c(Nc2c(Cl)cccc2Cl)nc2cc(C(=O)NC3CCC(C(C)(C)C)CC3)cnc21. The molecule has 1 aromatic carbocycles. The molecule has 0 bridgehead atoms. The van der Waals surface area contributed by atoms with Gasteiger partial charge in [0.2, 0.25) is 5.95 Å². The first-order valence-corrected chi connectivity index (χ1v) is 11.7. The largest absolute Gasteiger partial charge is 0.349 e. The van der Waals surface area contributed by atoms with Crippen molar-refractivity contribution in [2.24, 2.45) is 18.4 Å². The lowest BCUT2D eigenvalue weighted by atomic mass is 9.71. The molecule has 0 aliphatic heterocycles. The number of hydrogen-bond donors (Lipinski definition) is 2. The first-order valence-electron chi connectivity index (χ1n) is 11.0. The van der Waals surface area contributed by atoms with Crippen LogP contribution in [0.2, 0.25) is 10.0 Å². The summed E-state index contributed by atoms with van der Waals surface area (Å²) in [4.78, 5) is 22.0. The summed E-state index contributed by atoms with van der Waals surface area (Å²) in [7, 11) is 1.85. The Balaban J connectivity index is 1.49. The molecule has 170 valence electrons. The number of fused-ring (bicyclic) bond motifs is 1. The highest BCUT2D eigenvalue weighted by atomic mass is 35.5. The van der Waals surface area contributed by atoms with Gasteiger partial charge in [0.05, 0.1) is 21.3 Å². The van der Waals surface area contributed by atoms with Crippen LogP contribution in [0.5, 0.6) is 0 Å². The summed E-state index contributed by atoms with van der Waals surface area (Å²) in [6.07, 6.45) is 5.92. The van der Waals surface area contributed by atoms with Gasteiger partial charge in [0.1, 0.15) is 5.52 Å². The van der Waals surface area contributed by atoms with Crippen molar-refractivity contribution in [3.63, 3.8) is 0 Å². The maximum absolute atomic E-state index is 12.9. The summed E-state index contributed by atoms with van der Waals surface area (Å²) in [6, 6.07) is 7.28. The van der Waals surface area contributed by atoms with Crippen LogP contribution < -0.4 is 10.6 Å². The number of nitrogens with zero attached hydrogens (tertiary/aromatic N) is 3. The molecule has 1 aliphatic carbocycles. The molecule has 0 spiro atoms. The molecule has 8 heteroatoms. The normalized spacial score (nSPS) is 19.2. The molecule has 4 rings (SSSR count). The summed E-state index contributed by atoms with van der Waals surface area (Å²) < 4.78 is 1.81. The standard InChI is InChI=1S/C24H29Cl2N5O/c1-24(2,3)15-8-10-16(11-9-15)28-22(32)14-12-19-21(27-13-14)31(4)23(29-19)30-20-17(25)6-5-7-18(20)26/h5-7,12-13,15-16H,8-11H2,1-4H3,(H,28,32)(H,29,30). The number of anilines is 2. The zero-order valence-electron chi connectivity index (χ0n) is 18.9. The average Bonchev–Trinajstić information content (AvgIpc) is 3.05. The maximum atomic E-state index is 12.9. The number of hydrogen-bond acceptors (Lipinski definition) is 4. The third-order valence-corrected chi connectivity index (χ3v) is 7.09. The molecule has 32 heavy (non-hydrogen) atoms. The molecular formula is C24H29Cl2N5O. The van der Waals surface area contributed by atoms with Gasteiger partial charge in [0.25, 0.3) is 5.91 Å². The van der Waals surface area contributed by atoms with Crippen LogP contribution in [-0.4, -0.2) is 26.5 Å². The van der Waals surface area contributed by atoms with Gasteiger partial charge in [0, 0.05) is 19.3 Å². The summed E-state index contributed by atoms with van der Waals surface area (Å²) in [5, 5.41) is 7.36. The van der Waals surface area contributed by atoms with E-state index in [0.29, 0.717) is 49.7 Å². The number of aryl methyl sites for hydroxylation is 1. The second-order valence-corrected chi connectivity index (χ2v) is 10.5. The predicted molar refractivity (Wildman–Crippen MR) is 131 cm³/mol. The first-order chi connectivity index (χ1) is 15.1. The molecule has 2 aromatic heterocycles. The van der Waals surface area contributed by atoms with Crippen molar-refractivity contribution in [1.82, 2.24) is 19.9 Å². The second kappa shape index (κ2) is 8.91. The minimum absolute atomic E-state index is 0.104. The molecular weight excluding hydrogens is 445 g/mol. The van der Waals surface area contributed by atoms with E-state index in [-0.39, 0.29) is 11.9 Å². The van der Waals surface area contributed by atoms with Crippen LogP contribution in [0.15, 0.2) is 30.5 Å². The van der Waals surface area contributed by atoms with Crippen LogP contribution in [0.1, 0.15) is 56.8 Å². The molecule has 1 saturated carbocycles. The number of amides is 1. The Bertz CT molecular complexity index is 1120. The summed E-state index contributed by atoms with van der Waals surface area (Å²) in [5.41, 5.74) is 2.71. The van der Waals surface area contributed by atoms with E-state index in [9.17, 15) is 4.79 Å². The van der Waals surface area contributed by atoms with E-state index in [4.69, 9.17) is 23.2 Å². The van der Waals surface area contributed by atoms with Crippen LogP contribution in [0, 0.1) is 11.3 Å². The minimum Gasteiger partial charge on any atom is -0.349 e. The second-order valence-electron chi connectivity index (χ2n) is 9.67. The molecule has 6 nitrogen and oxygen atoms in total. The lowest BCUT2D eigenvalue weighted by Gasteiger charge is -2.37. The number of halogens is 2. The highest BCUT2D eigenvalue weighted by Gasteiger charge is 2.30. The molecule has 3 aromatic rings. The summed E-state index contributed by atoms with van der Waals surface area (Å²) in [5.74, 6) is 1.15. The number of imidazole rings is 1. The Morgan fingerprint density at radius 2 is 1.78 bits per heavy atom. The minimum atomic E-state index is -0.104. The van der Waals surface area contributed by atoms with E-state index in [1.165, 1.54) is 0 Å². The number of carbonyl (C=O) groups excluding carboxylic acids is 1. The quantitative estimate of drug-likeness (QED) is 0.462. The lowest BCUT2D eigenvalue weighted by Crippen LogP contribution is -2.39. The Labute approximate surface area is 198 Å². The van der Waals surface area contributed by atoms with Crippen LogP contribution in [0.4, 0.5) is 11.6 Å². The van der Waals surface area contributed by atoms with Gasteiger partial charge in [0.15, 0.2) is 5.65 Å². The fourth-order valence-electron chi connectivity index (χ4n) is 4.41. The Hall–Kier alpha value is -2.31. The predicted octanol–water partition coefficient (Wildman–Crippen LogP) is 6.35. The Kier molecular flexibility index (Phi) is 6.37. The zero-order chi connectivity index (χ0) is 23.0. The Morgan fingerprint density at radius 3 is 2.41 bits per heavy atom. The van der Waals surface area contributed by atoms with Gasteiger partial charge in [-0.3, -0.25) is 9.36 Å². The third-order valence-electron chi connectivity index (χ3n) is 6.46. The highest BCUT2D eigenvalue weighted by molar-refractivity contribution is 6.39. The average molecular weight is 474 g/mol. The van der Waals surface area contributed by atoms with Gasteiger partial charge >= 0.3 is 0 Å². The number of nitrogens with one attached hydrogen (secondary N) is 2. The van der Waals surface area contributed by atoms with Crippen LogP contribution in [0.25, 0.3) is 11.2 Å². The number of pyridine rings is 1. The first kappa shape index (κ1) is 22.9. The molecule has 2 heterocycles. The van der Waals surface area contributed by atoms with Crippen LogP contribution in [-0.2, 0) is 7.05 Å². The summed E-state index contributed by atoms with van der Waals surface area (Å²) >= 11 is 12.5. The van der Waals surface area contributed by atoms with E-state index in [1.54, 1.807) is 30.5 Å². The van der Waals surface area contributed by atoms with Gasteiger partial charge in [-0.2, -0.15) is 0 Å². The van der Waals surface area contributed by atoms with E-state index in [2.05, 4.69) is 41.4 Å². The number of para-hydroxylation sites is 1. The lowest BCUT2D eigenvalue weighted by molar-refractivity contribution is 0.0904. The third kappa shape index (κ3) is 4.71. The molecule has 2 N–H and O–H groups in total. The van der Waals surface area contributed by atoms with E-state index in [0.717, 1.165) is 25.7 Å². The highest BCUT2D eigenvalue weighted by Crippen LogP contribution is 2.38. The monoisotopic (exact) mass is 473 g/mol. The molecule has 1 aliphatic rings. The van der Waals surface area contributed by atoms with Gasteiger partial charge in [-0.25, -0.2) is 9.97 Å². The van der Waals surface area contributed by atoms with Crippen molar-refractivity contribution >= 4 is 51.9 Å². The van der Waals surface area contributed by atoms with E-state index < -0.39 is 0 Å². The van der Waals surface area contributed by atoms with Gasteiger partial charge in [-0.05, 0) is 55.2 Å². The molecule has 1 amide bonds. The molecule has 1 fully saturated rings. The molecule has 0 radical (unpaired) electrons. The smallest absolute Gasteiger partial charge is 0.253 e.